The summed E-state index contributed by atoms with van der Waals surface area (Å²) < 4.78 is 28.9. The summed E-state index contributed by atoms with van der Waals surface area (Å²) in [5.41, 5.74) is 0.135. The number of nitrogens with one attached hydrogen (secondary N) is 1. The first kappa shape index (κ1) is 20.1. The molecule has 27 heavy (non-hydrogen) atoms. The number of carbonyl (C=O) groups is 1. The number of carboxylic acid groups (broad SMARTS) is 1. The molecular formula is C17H20BrN3O4S2. The van der Waals surface area contributed by atoms with E-state index in [0.29, 0.717) is 9.60 Å². The number of nitrogens with zero attached hydrogens (tertiary/aromatic N) is 2. The van der Waals surface area contributed by atoms with E-state index in [0.717, 1.165) is 50.1 Å². The predicted octanol–water partition coefficient (Wildman–Crippen LogP) is 4.18. The van der Waals surface area contributed by atoms with Crippen LogP contribution in [0.5, 0.6) is 0 Å². The maximum Gasteiger partial charge on any atom is 0.337 e. The van der Waals surface area contributed by atoms with Crippen LogP contribution in [-0.2, 0) is 10.0 Å². The van der Waals surface area contributed by atoms with Gasteiger partial charge in [-0.25, -0.2) is 18.2 Å². The average Bonchev–Trinajstić information content (AvgIpc) is 3.02. The molecule has 1 aliphatic heterocycles. The number of carboxylic acids is 1. The number of pyridine rings is 1. The molecule has 0 aromatic carbocycles. The van der Waals surface area contributed by atoms with Gasteiger partial charge in [-0.05, 0) is 47.0 Å². The first-order chi connectivity index (χ1) is 12.9. The highest BCUT2D eigenvalue weighted by Gasteiger charge is 2.23. The first-order valence-electron chi connectivity index (χ1n) is 8.63. The van der Waals surface area contributed by atoms with E-state index in [-0.39, 0.29) is 15.5 Å². The topological polar surface area (TPSA) is 99.6 Å². The van der Waals surface area contributed by atoms with Crippen LogP contribution in [0.1, 0.15) is 42.5 Å². The van der Waals surface area contributed by atoms with Crippen LogP contribution < -0.4 is 9.62 Å². The Bertz CT molecular complexity index is 922. The smallest absolute Gasteiger partial charge is 0.337 e. The Balaban J connectivity index is 1.97. The second kappa shape index (κ2) is 8.57. The lowest BCUT2D eigenvalue weighted by molar-refractivity contribution is 0.0696. The van der Waals surface area contributed by atoms with Crippen molar-refractivity contribution in [2.45, 2.75) is 36.3 Å². The predicted molar refractivity (Wildman–Crippen MR) is 109 cm³/mol. The van der Waals surface area contributed by atoms with Crippen LogP contribution in [-0.4, -0.2) is 37.6 Å². The second-order valence-corrected chi connectivity index (χ2v) is 10.7. The Hall–Kier alpha value is -1.65. The summed E-state index contributed by atoms with van der Waals surface area (Å²) in [5.74, 6) is -0.679. The molecule has 10 heteroatoms. The highest BCUT2D eigenvalue weighted by atomic mass is 79.9. The number of sulfonamides is 1. The van der Waals surface area contributed by atoms with Crippen molar-refractivity contribution in [1.29, 1.82) is 0 Å². The van der Waals surface area contributed by atoms with Crippen molar-refractivity contribution in [3.05, 3.63) is 33.7 Å². The van der Waals surface area contributed by atoms with Gasteiger partial charge in [0, 0.05) is 19.3 Å². The lowest BCUT2D eigenvalue weighted by Crippen LogP contribution is -2.29. The zero-order chi connectivity index (χ0) is 19.4. The van der Waals surface area contributed by atoms with Gasteiger partial charge in [-0.3, -0.25) is 4.72 Å². The van der Waals surface area contributed by atoms with Gasteiger partial charge in [0.2, 0.25) is 0 Å². The lowest BCUT2D eigenvalue weighted by Gasteiger charge is -2.27. The van der Waals surface area contributed by atoms with E-state index in [1.165, 1.54) is 24.8 Å². The summed E-state index contributed by atoms with van der Waals surface area (Å²) in [6, 6.07) is 4.50. The third-order valence-electron chi connectivity index (χ3n) is 4.33. The fourth-order valence-corrected chi connectivity index (χ4v) is 6.06. The van der Waals surface area contributed by atoms with Crippen LogP contribution in [0.3, 0.4) is 0 Å². The maximum atomic E-state index is 12.7. The summed E-state index contributed by atoms with van der Waals surface area (Å²) >= 11 is 4.35. The van der Waals surface area contributed by atoms with Crippen molar-refractivity contribution in [1.82, 2.24) is 4.98 Å². The third kappa shape index (κ3) is 4.99. The van der Waals surface area contributed by atoms with Gasteiger partial charge < -0.3 is 10.0 Å². The van der Waals surface area contributed by atoms with E-state index in [9.17, 15) is 18.3 Å². The largest absolute Gasteiger partial charge is 0.478 e. The van der Waals surface area contributed by atoms with Gasteiger partial charge in [0.05, 0.1) is 15.0 Å². The van der Waals surface area contributed by atoms with Crippen molar-refractivity contribution in [2.24, 2.45) is 0 Å². The standard InChI is InChI=1S/C17H20BrN3O4S2/c18-14-6-7-15(26-14)27(24,25)20-13-10-12(17(22)23)11-19-16(13)21-8-4-2-1-3-5-9-21/h6-7,10-11,20H,1-5,8-9H2,(H,22,23). The summed E-state index contributed by atoms with van der Waals surface area (Å²) in [7, 11) is -3.83. The van der Waals surface area contributed by atoms with E-state index < -0.39 is 16.0 Å². The first-order valence-corrected chi connectivity index (χ1v) is 11.7. The molecule has 1 aliphatic rings. The van der Waals surface area contributed by atoms with E-state index >= 15 is 0 Å². The van der Waals surface area contributed by atoms with Crippen LogP contribution in [0, 0.1) is 0 Å². The molecule has 2 N–H and O–H groups in total. The highest BCUT2D eigenvalue weighted by molar-refractivity contribution is 9.11. The molecule has 146 valence electrons. The third-order valence-corrected chi connectivity index (χ3v) is 7.81. The van der Waals surface area contributed by atoms with Crippen LogP contribution in [0.4, 0.5) is 11.5 Å². The molecule has 0 bridgehead atoms. The average molecular weight is 474 g/mol. The maximum absolute atomic E-state index is 12.7. The molecular weight excluding hydrogens is 454 g/mol. The zero-order valence-electron chi connectivity index (χ0n) is 14.5. The molecule has 1 fully saturated rings. The molecule has 0 unspecified atom stereocenters. The van der Waals surface area contributed by atoms with Crippen molar-refractivity contribution in [3.8, 4) is 0 Å². The van der Waals surface area contributed by atoms with Gasteiger partial charge in [-0.1, -0.05) is 19.3 Å². The van der Waals surface area contributed by atoms with Crippen molar-refractivity contribution < 1.29 is 18.3 Å². The van der Waals surface area contributed by atoms with Gasteiger partial charge in [-0.2, -0.15) is 0 Å². The number of anilines is 2. The number of hydrogen-bond donors (Lipinski definition) is 2. The van der Waals surface area contributed by atoms with Crippen molar-refractivity contribution >= 4 is 54.8 Å². The van der Waals surface area contributed by atoms with Gasteiger partial charge in [0.25, 0.3) is 10.0 Å². The fraction of sp³-hybridized carbons (Fsp3) is 0.412. The Kier molecular flexibility index (Phi) is 6.38. The molecule has 7 nitrogen and oxygen atoms in total. The van der Waals surface area contributed by atoms with Gasteiger partial charge in [-0.15, -0.1) is 11.3 Å². The van der Waals surface area contributed by atoms with Gasteiger partial charge in [0.15, 0.2) is 5.82 Å². The molecule has 0 saturated carbocycles. The van der Waals surface area contributed by atoms with Crippen LogP contribution in [0.15, 0.2) is 32.4 Å². The molecule has 3 rings (SSSR count). The number of halogens is 1. The van der Waals surface area contributed by atoms with Crippen LogP contribution >= 0.6 is 27.3 Å². The van der Waals surface area contributed by atoms with E-state index in [1.807, 2.05) is 4.90 Å². The van der Waals surface area contributed by atoms with Crippen molar-refractivity contribution in [3.63, 3.8) is 0 Å². The Morgan fingerprint density at radius 1 is 1.19 bits per heavy atom. The fourth-order valence-electron chi connectivity index (χ4n) is 3.00. The molecule has 0 amide bonds. The van der Waals surface area contributed by atoms with E-state index in [4.69, 9.17) is 0 Å². The molecule has 2 aromatic rings. The molecule has 0 aliphatic carbocycles. The van der Waals surface area contributed by atoms with Crippen LogP contribution in [0.2, 0.25) is 0 Å². The monoisotopic (exact) mass is 473 g/mol. The minimum absolute atomic E-state index is 0.0594. The Labute approximate surface area is 170 Å². The normalized spacial score (nSPS) is 15.8. The highest BCUT2D eigenvalue weighted by Crippen LogP contribution is 2.32. The zero-order valence-corrected chi connectivity index (χ0v) is 17.7. The molecule has 0 spiro atoms. The van der Waals surface area contributed by atoms with Gasteiger partial charge >= 0.3 is 5.97 Å². The second-order valence-electron chi connectivity index (χ2n) is 6.32. The molecule has 0 atom stereocenters. The van der Waals surface area contributed by atoms with Gasteiger partial charge in [0.1, 0.15) is 4.21 Å². The van der Waals surface area contributed by atoms with E-state index in [2.05, 4.69) is 25.6 Å². The summed E-state index contributed by atoms with van der Waals surface area (Å²) in [5, 5.41) is 9.28. The Morgan fingerprint density at radius 3 is 2.44 bits per heavy atom. The number of rotatable bonds is 5. The van der Waals surface area contributed by atoms with E-state index in [1.54, 1.807) is 6.07 Å². The quantitative estimate of drug-likeness (QED) is 0.675. The summed E-state index contributed by atoms with van der Waals surface area (Å²) in [4.78, 5) is 17.7. The minimum Gasteiger partial charge on any atom is -0.478 e. The van der Waals surface area contributed by atoms with Crippen molar-refractivity contribution in [2.75, 3.05) is 22.7 Å². The molecule has 2 aromatic heterocycles. The van der Waals surface area contributed by atoms with Crippen LogP contribution in [0.25, 0.3) is 0 Å². The molecule has 3 heterocycles. The number of aromatic nitrogens is 1. The summed E-state index contributed by atoms with van der Waals surface area (Å²) in [6.45, 7) is 1.53. The lowest BCUT2D eigenvalue weighted by atomic mass is 10.1. The molecule has 0 radical (unpaired) electrons. The molecule has 1 saturated heterocycles. The summed E-state index contributed by atoms with van der Waals surface area (Å²) in [6.07, 6.45) is 6.70. The number of thiophene rings is 1. The number of hydrogen-bond acceptors (Lipinski definition) is 6. The number of aromatic carboxylic acids is 1. The Morgan fingerprint density at radius 2 is 1.85 bits per heavy atom. The minimum atomic E-state index is -3.83. The SMILES string of the molecule is O=C(O)c1cnc(N2CCCCCCC2)c(NS(=O)(=O)c2ccc(Br)s2)c1.